The predicted molar refractivity (Wildman–Crippen MR) is 85.3 cm³/mol. The molecule has 0 saturated carbocycles. The Morgan fingerprint density at radius 2 is 1.96 bits per heavy atom. The van der Waals surface area contributed by atoms with Gasteiger partial charge in [0.2, 0.25) is 5.91 Å². The van der Waals surface area contributed by atoms with Crippen molar-refractivity contribution in [3.05, 3.63) is 66.3 Å². The molecule has 0 saturated heterocycles. The zero-order chi connectivity index (χ0) is 17.2. The minimum absolute atomic E-state index is 0.0487. The second kappa shape index (κ2) is 6.44. The van der Waals surface area contributed by atoms with Crippen LogP contribution in [0.3, 0.4) is 0 Å². The van der Waals surface area contributed by atoms with Crippen molar-refractivity contribution in [2.24, 2.45) is 0 Å². The fourth-order valence-corrected chi connectivity index (χ4v) is 2.80. The third-order valence-corrected chi connectivity index (χ3v) is 3.97. The molecule has 1 aromatic rings. The summed E-state index contributed by atoms with van der Waals surface area (Å²) in [5.41, 5.74) is 0.686. The molecule has 1 aliphatic rings. The van der Waals surface area contributed by atoms with E-state index in [4.69, 9.17) is 0 Å². The number of allylic oxidation sites excluding steroid dienone is 2. The molecule has 1 unspecified atom stereocenters. The number of carbonyl (C=O) groups excluding carboxylic acids is 1. The van der Waals surface area contributed by atoms with Crippen LogP contribution in [0.5, 0.6) is 0 Å². The molecule has 23 heavy (non-hydrogen) atoms. The first kappa shape index (κ1) is 17.1. The molecule has 0 N–H and O–H groups in total. The van der Waals surface area contributed by atoms with E-state index in [1.807, 2.05) is 19.1 Å². The quantitative estimate of drug-likeness (QED) is 0.732. The van der Waals surface area contributed by atoms with E-state index in [9.17, 15) is 18.0 Å². The molecule has 5 heteroatoms. The number of benzene rings is 1. The zero-order valence-corrected chi connectivity index (χ0v) is 12.9. The number of para-hydroxylation sites is 1. The van der Waals surface area contributed by atoms with Gasteiger partial charge in [-0.1, -0.05) is 50.4 Å². The highest BCUT2D eigenvalue weighted by Crippen LogP contribution is 2.37. The van der Waals surface area contributed by atoms with Crippen LogP contribution in [0.4, 0.5) is 18.9 Å². The molecule has 1 aromatic carbocycles. The minimum Gasteiger partial charge on any atom is -0.308 e. The minimum atomic E-state index is -4.53. The third kappa shape index (κ3) is 3.38. The summed E-state index contributed by atoms with van der Waals surface area (Å²) in [6.07, 6.45) is -2.35. The summed E-state index contributed by atoms with van der Waals surface area (Å²) in [6, 6.07) is 7.28. The Hall–Kier alpha value is -2.30. The largest absolute Gasteiger partial charge is 0.416 e. The van der Waals surface area contributed by atoms with Gasteiger partial charge in [0.1, 0.15) is 0 Å². The van der Waals surface area contributed by atoms with Crippen molar-refractivity contribution in [3.63, 3.8) is 0 Å². The van der Waals surface area contributed by atoms with Crippen molar-refractivity contribution in [1.29, 1.82) is 0 Å². The van der Waals surface area contributed by atoms with Crippen molar-refractivity contribution in [2.75, 3.05) is 11.4 Å². The maximum atomic E-state index is 13.1. The van der Waals surface area contributed by atoms with Crippen molar-refractivity contribution < 1.29 is 18.0 Å². The number of rotatable bonds is 4. The van der Waals surface area contributed by atoms with Gasteiger partial charge in [-0.25, -0.2) is 0 Å². The zero-order valence-electron chi connectivity index (χ0n) is 12.9. The monoisotopic (exact) mass is 321 g/mol. The standard InChI is InChI=1S/C18H18F3NO/c1-4-13(15(5-2)18(19,20)21)11-22-16-9-7-6-8-14(16)12(3)10-17(22)23/h4-9,12H,1-2,10-11H2,3H3/b15-13-. The second-order valence-electron chi connectivity index (χ2n) is 5.49. The first-order chi connectivity index (χ1) is 10.8. The van der Waals surface area contributed by atoms with Crippen LogP contribution < -0.4 is 4.90 Å². The Bertz CT molecular complexity index is 673. The molecule has 0 aliphatic carbocycles. The molecule has 1 amide bonds. The molecule has 2 rings (SSSR count). The first-order valence-corrected chi connectivity index (χ1v) is 7.24. The summed E-state index contributed by atoms with van der Waals surface area (Å²) < 4.78 is 39.3. The van der Waals surface area contributed by atoms with Gasteiger partial charge in [0.15, 0.2) is 0 Å². The number of hydrogen-bond acceptors (Lipinski definition) is 1. The normalized spacial score (nSPS) is 19.0. The predicted octanol–water partition coefficient (Wildman–Crippen LogP) is 4.76. The Morgan fingerprint density at radius 1 is 1.30 bits per heavy atom. The SMILES string of the molecule is C=C/C(CN1C(=O)CC(C)c2ccccc21)=C(\C=C)C(F)(F)F. The Kier molecular flexibility index (Phi) is 4.78. The number of anilines is 1. The van der Waals surface area contributed by atoms with Crippen LogP contribution in [0.15, 0.2) is 60.7 Å². The number of halogens is 3. The lowest BCUT2D eigenvalue weighted by Gasteiger charge is -2.33. The van der Waals surface area contributed by atoms with Crippen LogP contribution in [-0.2, 0) is 4.79 Å². The average molecular weight is 321 g/mol. The molecular formula is C18H18F3NO. The number of nitrogens with zero attached hydrogens (tertiary/aromatic N) is 1. The maximum absolute atomic E-state index is 13.1. The van der Waals surface area contributed by atoms with E-state index in [2.05, 4.69) is 13.2 Å². The number of fused-ring (bicyclic) bond motifs is 1. The lowest BCUT2D eigenvalue weighted by molar-refractivity contribution is -0.119. The van der Waals surface area contributed by atoms with Gasteiger partial charge < -0.3 is 4.90 Å². The topological polar surface area (TPSA) is 20.3 Å². The summed E-state index contributed by atoms with van der Waals surface area (Å²) in [4.78, 5) is 13.7. The van der Waals surface area contributed by atoms with E-state index < -0.39 is 11.7 Å². The molecule has 1 heterocycles. The average Bonchev–Trinajstić information content (AvgIpc) is 2.49. The molecule has 2 nitrogen and oxygen atoms in total. The van der Waals surface area contributed by atoms with E-state index in [1.165, 1.54) is 4.90 Å². The first-order valence-electron chi connectivity index (χ1n) is 7.24. The number of hydrogen-bond donors (Lipinski definition) is 0. The van der Waals surface area contributed by atoms with Crippen molar-refractivity contribution in [2.45, 2.75) is 25.4 Å². The maximum Gasteiger partial charge on any atom is 0.416 e. The van der Waals surface area contributed by atoms with Crippen molar-refractivity contribution in [1.82, 2.24) is 0 Å². The fraction of sp³-hybridized carbons (Fsp3) is 0.278. The highest BCUT2D eigenvalue weighted by atomic mass is 19.4. The van der Waals surface area contributed by atoms with Gasteiger partial charge >= 0.3 is 6.18 Å². The molecule has 0 fully saturated rings. The number of amides is 1. The van der Waals surface area contributed by atoms with Gasteiger partial charge in [-0.3, -0.25) is 4.79 Å². The van der Waals surface area contributed by atoms with E-state index >= 15 is 0 Å². The Labute approximate surface area is 133 Å². The molecule has 1 atom stereocenters. The molecule has 0 radical (unpaired) electrons. The summed E-state index contributed by atoms with van der Waals surface area (Å²) in [6.45, 7) is 8.46. The summed E-state index contributed by atoms with van der Waals surface area (Å²) in [5.74, 6) is -0.145. The van der Waals surface area contributed by atoms with Crippen molar-refractivity contribution >= 4 is 11.6 Å². The van der Waals surface area contributed by atoms with Crippen LogP contribution in [0.1, 0.15) is 24.8 Å². The van der Waals surface area contributed by atoms with Crippen LogP contribution in [-0.4, -0.2) is 18.6 Å². The second-order valence-corrected chi connectivity index (χ2v) is 5.49. The van der Waals surface area contributed by atoms with Crippen LogP contribution in [0, 0.1) is 0 Å². The fourth-order valence-electron chi connectivity index (χ4n) is 2.80. The number of carbonyl (C=O) groups is 1. The molecule has 1 aliphatic heterocycles. The lowest BCUT2D eigenvalue weighted by atomic mass is 9.90. The molecular weight excluding hydrogens is 303 g/mol. The van der Waals surface area contributed by atoms with Crippen LogP contribution in [0.2, 0.25) is 0 Å². The van der Waals surface area contributed by atoms with Gasteiger partial charge in [-0.15, -0.1) is 0 Å². The van der Waals surface area contributed by atoms with E-state index in [-0.39, 0.29) is 30.4 Å². The highest BCUT2D eigenvalue weighted by molar-refractivity contribution is 5.97. The van der Waals surface area contributed by atoms with E-state index in [1.54, 1.807) is 12.1 Å². The lowest BCUT2D eigenvalue weighted by Crippen LogP contribution is -2.38. The summed E-state index contributed by atoms with van der Waals surface area (Å²) in [7, 11) is 0. The third-order valence-electron chi connectivity index (χ3n) is 3.97. The highest BCUT2D eigenvalue weighted by Gasteiger charge is 2.35. The smallest absolute Gasteiger partial charge is 0.308 e. The van der Waals surface area contributed by atoms with E-state index in [0.29, 0.717) is 5.69 Å². The summed E-state index contributed by atoms with van der Waals surface area (Å²) in [5, 5.41) is 0. The molecule has 0 aromatic heterocycles. The van der Waals surface area contributed by atoms with Crippen molar-refractivity contribution in [3.8, 4) is 0 Å². The van der Waals surface area contributed by atoms with Gasteiger partial charge in [-0.2, -0.15) is 13.2 Å². The molecule has 0 bridgehead atoms. The molecule has 0 spiro atoms. The van der Waals surface area contributed by atoms with Crippen LogP contribution >= 0.6 is 0 Å². The van der Waals surface area contributed by atoms with Gasteiger partial charge in [0.05, 0.1) is 12.1 Å². The van der Waals surface area contributed by atoms with Gasteiger partial charge in [0.25, 0.3) is 0 Å². The summed E-state index contributed by atoms with van der Waals surface area (Å²) >= 11 is 0. The van der Waals surface area contributed by atoms with E-state index in [0.717, 1.165) is 17.7 Å². The molecule has 122 valence electrons. The van der Waals surface area contributed by atoms with Gasteiger partial charge in [0, 0.05) is 12.1 Å². The number of alkyl halides is 3. The van der Waals surface area contributed by atoms with Crippen LogP contribution in [0.25, 0.3) is 0 Å². The van der Waals surface area contributed by atoms with Gasteiger partial charge in [-0.05, 0) is 23.1 Å². The Morgan fingerprint density at radius 3 is 2.52 bits per heavy atom. The Balaban J connectivity index is 2.48.